The van der Waals surface area contributed by atoms with Crippen LogP contribution in [0.25, 0.3) is 10.2 Å². The maximum atomic E-state index is 12.4. The van der Waals surface area contributed by atoms with Gasteiger partial charge in [0.1, 0.15) is 29.9 Å². The van der Waals surface area contributed by atoms with Crippen molar-refractivity contribution in [3.05, 3.63) is 52.7 Å². The Hall–Kier alpha value is -3.24. The Morgan fingerprint density at radius 2 is 1.92 bits per heavy atom. The molecule has 1 saturated carbocycles. The van der Waals surface area contributed by atoms with Crippen molar-refractivity contribution < 1.29 is 19.1 Å². The second-order valence-electron chi connectivity index (χ2n) is 9.81. The monoisotopic (exact) mass is 523 g/mol. The number of hydrogen-bond acceptors (Lipinski definition) is 8. The molecule has 0 spiro atoms. The second kappa shape index (κ2) is 11.4. The van der Waals surface area contributed by atoms with Crippen molar-refractivity contribution in [1.82, 2.24) is 20.6 Å². The summed E-state index contributed by atoms with van der Waals surface area (Å²) >= 11 is 1.66. The van der Waals surface area contributed by atoms with Gasteiger partial charge in [-0.1, -0.05) is 30.3 Å². The lowest BCUT2D eigenvalue weighted by Gasteiger charge is -2.28. The fourth-order valence-corrected chi connectivity index (χ4v) is 6.66. The number of nitrogens with two attached hydrogens (primary N) is 1. The van der Waals surface area contributed by atoms with Gasteiger partial charge >= 0.3 is 6.09 Å². The Morgan fingerprint density at radius 1 is 1.14 bits per heavy atom. The van der Waals surface area contributed by atoms with E-state index in [2.05, 4.69) is 20.6 Å². The predicted octanol–water partition coefficient (Wildman–Crippen LogP) is 3.80. The summed E-state index contributed by atoms with van der Waals surface area (Å²) in [6.45, 7) is 0.120. The first kappa shape index (κ1) is 25.4. The standard InChI is InChI=1S/C27H33N5O4S/c1-29-18-8-10-19(11-9-18)36-25-23-22-17(7-12-21(22)37-26(23)31-15-30-25)13-20(24(28)33)32-27(34)35-14-16-5-3-2-4-6-16/h2-6,15,17-20,29H,7-14H2,1H3,(H2,28,33)(H,32,34)/t17-,18-,19-,20+/m1/s1. The predicted molar refractivity (Wildman–Crippen MR) is 142 cm³/mol. The first-order chi connectivity index (χ1) is 18.0. The molecule has 9 nitrogen and oxygen atoms in total. The Balaban J connectivity index is 1.29. The number of nitrogens with one attached hydrogen (secondary N) is 2. The van der Waals surface area contributed by atoms with Crippen molar-refractivity contribution in [2.24, 2.45) is 5.73 Å². The number of aromatic nitrogens is 2. The minimum atomic E-state index is -0.847. The van der Waals surface area contributed by atoms with Gasteiger partial charge in [0.25, 0.3) is 0 Å². The first-order valence-electron chi connectivity index (χ1n) is 12.9. The van der Waals surface area contributed by atoms with E-state index in [0.29, 0.717) is 18.3 Å². The number of alkyl carbamates (subject to hydrolysis) is 1. The SMILES string of the molecule is CN[C@H]1CC[C@H](Oc2ncnc3sc4c(c23)[C@@H](C[C@H](NC(=O)OCc2ccccc2)C(N)=O)CC4)CC1. The number of carbonyl (C=O) groups is 2. The van der Waals surface area contributed by atoms with Crippen LogP contribution in [0.5, 0.6) is 5.88 Å². The molecule has 2 aliphatic rings. The minimum absolute atomic E-state index is 0.0315. The van der Waals surface area contributed by atoms with Crippen LogP contribution in [0.3, 0.4) is 0 Å². The third-order valence-electron chi connectivity index (χ3n) is 7.42. The van der Waals surface area contributed by atoms with Gasteiger partial charge in [-0.3, -0.25) is 4.79 Å². The molecule has 0 bridgehead atoms. The summed E-state index contributed by atoms with van der Waals surface area (Å²) < 4.78 is 11.7. The van der Waals surface area contributed by atoms with Gasteiger partial charge in [-0.2, -0.15) is 0 Å². The van der Waals surface area contributed by atoms with Gasteiger partial charge < -0.3 is 25.8 Å². The van der Waals surface area contributed by atoms with Crippen LogP contribution in [-0.2, 0) is 22.6 Å². The lowest BCUT2D eigenvalue weighted by molar-refractivity contribution is -0.120. The molecule has 2 heterocycles. The molecule has 196 valence electrons. The number of benzene rings is 1. The van der Waals surface area contributed by atoms with Gasteiger partial charge in [0, 0.05) is 10.9 Å². The van der Waals surface area contributed by atoms with E-state index in [1.165, 1.54) is 4.88 Å². The number of nitrogens with zero attached hydrogens (tertiary/aromatic N) is 2. The zero-order valence-electron chi connectivity index (χ0n) is 20.9. The molecule has 3 aromatic rings. The number of carbonyl (C=O) groups excluding carboxylic acids is 2. The average Bonchev–Trinajstić information content (AvgIpc) is 3.48. The molecule has 2 amide bonds. The third-order valence-corrected chi connectivity index (χ3v) is 8.60. The molecule has 2 aliphatic carbocycles. The number of amides is 2. The number of primary amides is 1. The topological polar surface area (TPSA) is 128 Å². The summed E-state index contributed by atoms with van der Waals surface area (Å²) in [7, 11) is 2.01. The Bertz CT molecular complexity index is 1240. The highest BCUT2D eigenvalue weighted by atomic mass is 32.1. The molecule has 0 unspecified atom stereocenters. The average molecular weight is 524 g/mol. The van der Waals surface area contributed by atoms with E-state index in [1.54, 1.807) is 17.7 Å². The second-order valence-corrected chi connectivity index (χ2v) is 10.9. The number of thiophene rings is 1. The molecule has 1 aromatic carbocycles. The third kappa shape index (κ3) is 5.86. The molecule has 37 heavy (non-hydrogen) atoms. The maximum Gasteiger partial charge on any atom is 0.408 e. The van der Waals surface area contributed by atoms with Crippen molar-refractivity contribution >= 4 is 33.6 Å². The van der Waals surface area contributed by atoms with Crippen LogP contribution in [0.1, 0.15) is 60.4 Å². The molecule has 0 radical (unpaired) electrons. The lowest BCUT2D eigenvalue weighted by Crippen LogP contribution is -2.45. The first-order valence-corrected chi connectivity index (χ1v) is 13.7. The van der Waals surface area contributed by atoms with Crippen LogP contribution in [0, 0.1) is 0 Å². The van der Waals surface area contributed by atoms with Crippen LogP contribution < -0.4 is 21.1 Å². The highest BCUT2D eigenvalue weighted by Crippen LogP contribution is 2.47. The van der Waals surface area contributed by atoms with Crippen LogP contribution in [0.2, 0.25) is 0 Å². The maximum absolute atomic E-state index is 12.4. The molecule has 0 saturated heterocycles. The van der Waals surface area contributed by atoms with E-state index in [4.69, 9.17) is 15.2 Å². The van der Waals surface area contributed by atoms with Gasteiger partial charge in [-0.15, -0.1) is 11.3 Å². The van der Waals surface area contributed by atoms with Gasteiger partial charge in [0.05, 0.1) is 5.39 Å². The zero-order chi connectivity index (χ0) is 25.8. The molecule has 0 aliphatic heterocycles. The molecular formula is C27H33N5O4S. The number of ether oxygens (including phenoxy) is 2. The van der Waals surface area contributed by atoms with Crippen molar-refractivity contribution in [1.29, 1.82) is 0 Å². The summed E-state index contributed by atoms with van der Waals surface area (Å²) in [5.74, 6) is 0.0656. The Kier molecular flexibility index (Phi) is 7.85. The van der Waals surface area contributed by atoms with Gasteiger partial charge in [0.2, 0.25) is 11.8 Å². The van der Waals surface area contributed by atoms with Crippen molar-refractivity contribution in [2.45, 2.75) is 75.7 Å². The summed E-state index contributed by atoms with van der Waals surface area (Å²) in [5, 5.41) is 6.97. The van der Waals surface area contributed by atoms with E-state index in [1.807, 2.05) is 37.4 Å². The zero-order valence-corrected chi connectivity index (χ0v) is 21.8. The van der Waals surface area contributed by atoms with Crippen LogP contribution >= 0.6 is 11.3 Å². The molecule has 4 N–H and O–H groups in total. The quantitative estimate of drug-likeness (QED) is 0.389. The number of rotatable bonds is 9. The molecule has 5 rings (SSSR count). The summed E-state index contributed by atoms with van der Waals surface area (Å²) in [4.78, 5) is 35.9. The van der Waals surface area contributed by atoms with Gasteiger partial charge in [-0.05, 0) is 69.0 Å². The number of hydrogen-bond donors (Lipinski definition) is 3. The number of aryl methyl sites for hydroxylation is 1. The molecule has 1 fully saturated rings. The van der Waals surface area contributed by atoms with Crippen molar-refractivity contribution in [3.8, 4) is 5.88 Å². The fraction of sp³-hybridized carbons (Fsp3) is 0.481. The fourth-order valence-electron chi connectivity index (χ4n) is 5.43. The minimum Gasteiger partial charge on any atom is -0.474 e. The molecule has 2 atom stereocenters. The largest absolute Gasteiger partial charge is 0.474 e. The molecular weight excluding hydrogens is 490 g/mol. The van der Waals surface area contributed by atoms with Gasteiger partial charge in [-0.25, -0.2) is 14.8 Å². The van der Waals surface area contributed by atoms with Crippen LogP contribution in [0.15, 0.2) is 36.7 Å². The summed E-state index contributed by atoms with van der Waals surface area (Å²) in [6, 6.07) is 9.08. The van der Waals surface area contributed by atoms with Crippen LogP contribution in [-0.4, -0.2) is 47.2 Å². The highest BCUT2D eigenvalue weighted by Gasteiger charge is 2.34. The van der Waals surface area contributed by atoms with Crippen molar-refractivity contribution in [2.75, 3.05) is 7.05 Å². The normalized spacial score (nSPS) is 21.8. The van der Waals surface area contributed by atoms with E-state index < -0.39 is 18.0 Å². The van der Waals surface area contributed by atoms with E-state index in [0.717, 1.165) is 59.9 Å². The van der Waals surface area contributed by atoms with E-state index in [-0.39, 0.29) is 18.6 Å². The van der Waals surface area contributed by atoms with Crippen molar-refractivity contribution in [3.63, 3.8) is 0 Å². The van der Waals surface area contributed by atoms with Gasteiger partial charge in [0.15, 0.2) is 0 Å². The number of fused-ring (bicyclic) bond motifs is 3. The van der Waals surface area contributed by atoms with E-state index >= 15 is 0 Å². The molecule has 10 heteroatoms. The smallest absolute Gasteiger partial charge is 0.408 e. The highest BCUT2D eigenvalue weighted by molar-refractivity contribution is 7.19. The summed E-state index contributed by atoms with van der Waals surface area (Å²) in [6.07, 6.45) is 7.27. The molecule has 2 aromatic heterocycles. The Morgan fingerprint density at radius 3 is 2.65 bits per heavy atom. The van der Waals surface area contributed by atoms with E-state index in [9.17, 15) is 9.59 Å². The Labute approximate surface area is 220 Å². The summed E-state index contributed by atoms with van der Waals surface area (Å²) in [5.41, 5.74) is 7.69. The lowest BCUT2D eigenvalue weighted by atomic mass is 9.92. The van der Waals surface area contributed by atoms with Crippen LogP contribution in [0.4, 0.5) is 4.79 Å².